The van der Waals surface area contributed by atoms with Crippen LogP contribution >= 0.6 is 0 Å². The number of nitrogens with one attached hydrogen (secondary N) is 1. The van der Waals surface area contributed by atoms with E-state index in [-0.39, 0.29) is 11.1 Å². The van der Waals surface area contributed by atoms with Crippen molar-refractivity contribution in [2.24, 2.45) is 5.92 Å². The fourth-order valence-electron chi connectivity index (χ4n) is 2.34. The third-order valence-electron chi connectivity index (χ3n) is 3.40. The van der Waals surface area contributed by atoms with E-state index in [1.807, 2.05) is 27.9 Å². The number of carbonyl (C=O) groups is 1. The molecule has 0 bridgehead atoms. The van der Waals surface area contributed by atoms with Crippen molar-refractivity contribution >= 4 is 17.4 Å². The molecule has 128 valence electrons. The molecule has 0 radical (unpaired) electrons. The van der Waals surface area contributed by atoms with Crippen molar-refractivity contribution in [1.82, 2.24) is 14.8 Å². The Hall–Kier alpha value is -2.70. The first-order valence-electron chi connectivity index (χ1n) is 7.82. The molecule has 2 rings (SSSR count). The van der Waals surface area contributed by atoms with Crippen LogP contribution in [0.5, 0.6) is 0 Å². The van der Waals surface area contributed by atoms with Gasteiger partial charge in [-0.05, 0) is 31.0 Å². The summed E-state index contributed by atoms with van der Waals surface area (Å²) in [4.78, 5) is 26.8. The number of aryl methyl sites for hydroxylation is 1. The number of pyridine rings is 1. The van der Waals surface area contributed by atoms with Crippen LogP contribution in [-0.4, -0.2) is 34.8 Å². The fourth-order valence-corrected chi connectivity index (χ4v) is 2.34. The van der Waals surface area contributed by atoms with Gasteiger partial charge < -0.3 is 14.8 Å². The molecular weight excluding hydrogens is 306 g/mol. The molecule has 1 amide bonds. The highest BCUT2D eigenvalue weighted by Gasteiger charge is 2.16. The highest BCUT2D eigenvalue weighted by Crippen LogP contribution is 2.21. The van der Waals surface area contributed by atoms with Crippen LogP contribution in [0.3, 0.4) is 0 Å². The molecule has 2 aromatic heterocycles. The van der Waals surface area contributed by atoms with Crippen molar-refractivity contribution in [2.45, 2.75) is 27.3 Å². The summed E-state index contributed by atoms with van der Waals surface area (Å²) in [5.41, 5.74) is 1.02. The van der Waals surface area contributed by atoms with Gasteiger partial charge in [-0.1, -0.05) is 13.8 Å². The van der Waals surface area contributed by atoms with Crippen molar-refractivity contribution in [3.05, 3.63) is 46.0 Å². The maximum atomic E-state index is 12.6. The van der Waals surface area contributed by atoms with E-state index in [0.717, 1.165) is 0 Å². The number of rotatable bonds is 5. The average molecular weight is 329 g/mol. The van der Waals surface area contributed by atoms with Crippen molar-refractivity contribution in [2.75, 3.05) is 24.3 Å². The monoisotopic (exact) mass is 329 g/mol. The third kappa shape index (κ3) is 3.98. The van der Waals surface area contributed by atoms with Crippen LogP contribution < -0.4 is 15.8 Å². The summed E-state index contributed by atoms with van der Waals surface area (Å²) >= 11 is 0. The van der Waals surface area contributed by atoms with Crippen molar-refractivity contribution in [1.29, 1.82) is 0 Å². The minimum atomic E-state index is -0.450. The lowest BCUT2D eigenvalue weighted by Gasteiger charge is -2.16. The second-order valence-corrected chi connectivity index (χ2v) is 6.34. The third-order valence-corrected chi connectivity index (χ3v) is 3.40. The summed E-state index contributed by atoms with van der Waals surface area (Å²) in [6.45, 7) is 6.40. The molecule has 0 atom stereocenters. The van der Waals surface area contributed by atoms with E-state index < -0.39 is 5.91 Å². The van der Waals surface area contributed by atoms with Crippen LogP contribution in [0.1, 0.15) is 29.9 Å². The summed E-state index contributed by atoms with van der Waals surface area (Å²) in [7, 11) is 3.63. The predicted molar refractivity (Wildman–Crippen MR) is 94.6 cm³/mol. The van der Waals surface area contributed by atoms with Crippen molar-refractivity contribution in [3.8, 4) is 0 Å². The van der Waals surface area contributed by atoms with E-state index in [1.54, 1.807) is 34.7 Å². The molecule has 0 saturated heterocycles. The Morgan fingerprint density at radius 1 is 1.33 bits per heavy atom. The molecule has 2 aromatic rings. The zero-order chi connectivity index (χ0) is 17.9. The summed E-state index contributed by atoms with van der Waals surface area (Å²) in [5.74, 6) is 0.398. The van der Waals surface area contributed by atoms with Gasteiger partial charge in [0.15, 0.2) is 5.82 Å². The Kier molecular flexibility index (Phi) is 5.33. The Morgan fingerprint density at radius 2 is 2.04 bits per heavy atom. The summed E-state index contributed by atoms with van der Waals surface area (Å²) < 4.78 is 1.56. The van der Waals surface area contributed by atoms with E-state index in [2.05, 4.69) is 15.5 Å². The fraction of sp³-hybridized carbons (Fsp3) is 0.412. The molecule has 7 nitrogen and oxygen atoms in total. The van der Waals surface area contributed by atoms with Gasteiger partial charge in [-0.3, -0.25) is 9.59 Å². The lowest BCUT2D eigenvalue weighted by Crippen LogP contribution is -2.30. The summed E-state index contributed by atoms with van der Waals surface area (Å²) in [6, 6.07) is 4.97. The number of nitrogens with zero attached hydrogens (tertiary/aromatic N) is 4. The topological polar surface area (TPSA) is 80.1 Å². The minimum Gasteiger partial charge on any atom is -0.360 e. The molecule has 0 saturated carbocycles. The van der Waals surface area contributed by atoms with Crippen LogP contribution in [0.15, 0.2) is 29.2 Å². The van der Waals surface area contributed by atoms with Gasteiger partial charge >= 0.3 is 0 Å². The highest BCUT2D eigenvalue weighted by atomic mass is 16.2. The zero-order valence-corrected chi connectivity index (χ0v) is 14.7. The van der Waals surface area contributed by atoms with Gasteiger partial charge in [-0.15, -0.1) is 5.10 Å². The second-order valence-electron chi connectivity index (χ2n) is 6.34. The molecule has 0 aromatic carbocycles. The summed E-state index contributed by atoms with van der Waals surface area (Å²) in [5, 5.41) is 10.9. The van der Waals surface area contributed by atoms with Crippen LogP contribution in [0.4, 0.5) is 11.5 Å². The van der Waals surface area contributed by atoms with E-state index in [0.29, 0.717) is 29.7 Å². The Labute approximate surface area is 141 Å². The SMILES string of the molecule is Cc1cc(NC(=O)c2cccn(CC(C)C)c2=O)c(N(C)C)nn1. The molecule has 24 heavy (non-hydrogen) atoms. The molecule has 0 aliphatic heterocycles. The largest absolute Gasteiger partial charge is 0.360 e. The molecule has 2 heterocycles. The molecule has 0 unspecified atom stereocenters. The number of anilines is 2. The van der Waals surface area contributed by atoms with Gasteiger partial charge in [0.25, 0.3) is 11.5 Å². The molecular formula is C17H23N5O2. The molecule has 7 heteroatoms. The van der Waals surface area contributed by atoms with Gasteiger partial charge in [0.1, 0.15) is 5.56 Å². The smallest absolute Gasteiger partial charge is 0.263 e. The lowest BCUT2D eigenvalue weighted by molar-refractivity contribution is 0.102. The number of hydrogen-bond acceptors (Lipinski definition) is 5. The van der Waals surface area contributed by atoms with Gasteiger partial charge in [-0.25, -0.2) is 0 Å². The minimum absolute atomic E-state index is 0.109. The van der Waals surface area contributed by atoms with Crippen LogP contribution in [0.2, 0.25) is 0 Å². The Morgan fingerprint density at radius 3 is 2.67 bits per heavy atom. The normalized spacial score (nSPS) is 10.8. The molecule has 0 aliphatic carbocycles. The number of hydrogen-bond donors (Lipinski definition) is 1. The molecule has 0 aliphatic rings. The zero-order valence-electron chi connectivity index (χ0n) is 14.7. The standard InChI is InChI=1S/C17H23N5O2/c1-11(2)10-22-8-6-7-13(17(22)24)16(23)18-14-9-12(3)19-20-15(14)21(4)5/h6-9,11H,10H2,1-5H3,(H,18,19,23). The second kappa shape index (κ2) is 7.25. The van der Waals surface area contributed by atoms with Gasteiger partial charge in [0.2, 0.25) is 0 Å². The van der Waals surface area contributed by atoms with Crippen LogP contribution in [0, 0.1) is 12.8 Å². The molecule has 0 fully saturated rings. The predicted octanol–water partition coefficient (Wildman–Crippen LogP) is 1.92. The van der Waals surface area contributed by atoms with Crippen LogP contribution in [-0.2, 0) is 6.54 Å². The number of aromatic nitrogens is 3. The van der Waals surface area contributed by atoms with Gasteiger partial charge in [0, 0.05) is 26.8 Å². The van der Waals surface area contributed by atoms with Gasteiger partial charge in [-0.2, -0.15) is 5.10 Å². The van der Waals surface area contributed by atoms with Gasteiger partial charge in [0.05, 0.1) is 11.4 Å². The van der Waals surface area contributed by atoms with E-state index in [4.69, 9.17) is 0 Å². The van der Waals surface area contributed by atoms with Crippen molar-refractivity contribution in [3.63, 3.8) is 0 Å². The van der Waals surface area contributed by atoms with E-state index in [1.165, 1.54) is 6.07 Å². The molecule has 0 spiro atoms. The highest BCUT2D eigenvalue weighted by molar-refractivity contribution is 6.05. The first kappa shape index (κ1) is 17.7. The number of amides is 1. The lowest BCUT2D eigenvalue weighted by atomic mass is 10.2. The first-order valence-corrected chi connectivity index (χ1v) is 7.82. The summed E-state index contributed by atoms with van der Waals surface area (Å²) in [6.07, 6.45) is 1.70. The first-order chi connectivity index (χ1) is 11.3. The maximum absolute atomic E-state index is 12.6. The van der Waals surface area contributed by atoms with E-state index >= 15 is 0 Å². The Balaban J connectivity index is 2.35. The maximum Gasteiger partial charge on any atom is 0.263 e. The van der Waals surface area contributed by atoms with Crippen LogP contribution in [0.25, 0.3) is 0 Å². The average Bonchev–Trinajstić information content (AvgIpc) is 2.48. The van der Waals surface area contributed by atoms with E-state index in [9.17, 15) is 9.59 Å². The quantitative estimate of drug-likeness (QED) is 0.906. The number of carbonyl (C=O) groups excluding carboxylic acids is 1. The molecule has 1 N–H and O–H groups in total. The van der Waals surface area contributed by atoms with Crippen molar-refractivity contribution < 1.29 is 4.79 Å². The Bertz CT molecular complexity index is 796.